The number of hydrogen-bond acceptors (Lipinski definition) is 7. The highest BCUT2D eigenvalue weighted by molar-refractivity contribution is 5.87. The minimum absolute atomic E-state index is 0.236. The lowest BCUT2D eigenvalue weighted by molar-refractivity contribution is 0.564. The van der Waals surface area contributed by atoms with E-state index in [0.717, 1.165) is 22.8 Å². The number of para-hydroxylation sites is 1. The van der Waals surface area contributed by atoms with Crippen molar-refractivity contribution in [3.05, 3.63) is 48.0 Å². The third-order valence-electron chi connectivity index (χ3n) is 4.78. The molecule has 0 N–H and O–H groups in total. The Hall–Kier alpha value is -3.67. The molecule has 0 saturated heterocycles. The molecule has 0 spiro atoms. The largest absolute Gasteiger partial charge is 0.284 e. The molecule has 1 atom stereocenters. The first-order chi connectivity index (χ1) is 13.0. The maximum atomic E-state index is 9.57. The molecule has 0 bridgehead atoms. The lowest BCUT2D eigenvalue weighted by Crippen LogP contribution is -2.44. The lowest BCUT2D eigenvalue weighted by atomic mass is 9.92. The fourth-order valence-corrected chi connectivity index (χ4v) is 3.57. The number of hydrogen-bond donors (Lipinski definition) is 0. The van der Waals surface area contributed by atoms with Gasteiger partial charge in [-0.15, -0.1) is 9.78 Å². The van der Waals surface area contributed by atoms with Crippen molar-refractivity contribution in [3.8, 4) is 11.9 Å². The Morgan fingerprint density at radius 2 is 2.00 bits per heavy atom. The van der Waals surface area contributed by atoms with E-state index in [1.807, 2.05) is 47.5 Å². The van der Waals surface area contributed by atoms with Crippen molar-refractivity contribution >= 4 is 18.0 Å². The number of nitriles is 1. The molecular weight excluding hydrogens is 342 g/mol. The second-order valence-corrected chi connectivity index (χ2v) is 7.53. The fraction of sp³-hybridized carbons (Fsp3) is 0.278. The number of hydrazine groups is 1. The van der Waals surface area contributed by atoms with Crippen LogP contribution < -0.4 is 10.0 Å². The zero-order valence-electron chi connectivity index (χ0n) is 15.1. The van der Waals surface area contributed by atoms with Crippen LogP contribution in [0.5, 0.6) is 0 Å². The molecule has 0 saturated carbocycles. The van der Waals surface area contributed by atoms with Gasteiger partial charge in [-0.05, 0) is 6.07 Å². The molecule has 4 heterocycles. The van der Waals surface area contributed by atoms with Crippen molar-refractivity contribution in [2.75, 3.05) is 10.0 Å². The van der Waals surface area contributed by atoms with Gasteiger partial charge >= 0.3 is 0 Å². The van der Waals surface area contributed by atoms with E-state index in [0.29, 0.717) is 5.82 Å². The second-order valence-electron chi connectivity index (χ2n) is 7.53. The SMILES string of the molecule is CC(C)(C)c1nnn(C#N)c1N1C=NC2c3ccccc3-n3cncc3N21. The predicted octanol–water partition coefficient (Wildman–Crippen LogP) is 2.37. The van der Waals surface area contributed by atoms with E-state index in [1.54, 1.807) is 18.9 Å². The van der Waals surface area contributed by atoms with E-state index < -0.39 is 0 Å². The minimum Gasteiger partial charge on any atom is -0.284 e. The number of aromatic nitrogens is 5. The smallest absolute Gasteiger partial charge is 0.210 e. The van der Waals surface area contributed by atoms with Gasteiger partial charge in [-0.3, -0.25) is 4.57 Å². The Labute approximate surface area is 155 Å². The molecule has 9 nitrogen and oxygen atoms in total. The summed E-state index contributed by atoms with van der Waals surface area (Å²) in [6.07, 6.45) is 7.16. The van der Waals surface area contributed by atoms with Gasteiger partial charge in [0.15, 0.2) is 17.8 Å². The van der Waals surface area contributed by atoms with Crippen molar-refractivity contribution in [2.45, 2.75) is 32.4 Å². The number of benzene rings is 1. The van der Waals surface area contributed by atoms with Gasteiger partial charge in [0.25, 0.3) is 0 Å². The Kier molecular flexibility index (Phi) is 2.98. The average Bonchev–Trinajstić information content (AvgIpc) is 3.37. The third kappa shape index (κ3) is 2.04. The summed E-state index contributed by atoms with van der Waals surface area (Å²) in [5.41, 5.74) is 2.55. The third-order valence-corrected chi connectivity index (χ3v) is 4.78. The van der Waals surface area contributed by atoms with Gasteiger partial charge in [-0.1, -0.05) is 44.2 Å². The first-order valence-corrected chi connectivity index (χ1v) is 8.60. The number of aliphatic imine (C=N–C) groups is 1. The maximum Gasteiger partial charge on any atom is 0.210 e. The zero-order valence-corrected chi connectivity index (χ0v) is 15.1. The number of rotatable bonds is 1. The van der Waals surface area contributed by atoms with E-state index in [9.17, 15) is 5.26 Å². The van der Waals surface area contributed by atoms with Gasteiger partial charge < -0.3 is 0 Å². The first kappa shape index (κ1) is 15.6. The molecule has 134 valence electrons. The molecule has 0 radical (unpaired) electrons. The van der Waals surface area contributed by atoms with E-state index in [2.05, 4.69) is 33.6 Å². The van der Waals surface area contributed by atoms with Gasteiger partial charge in [0, 0.05) is 11.0 Å². The zero-order chi connectivity index (χ0) is 18.8. The molecular formula is C18H17N9. The van der Waals surface area contributed by atoms with Crippen LogP contribution in [-0.2, 0) is 5.41 Å². The van der Waals surface area contributed by atoms with Gasteiger partial charge in [0.2, 0.25) is 6.19 Å². The van der Waals surface area contributed by atoms with Gasteiger partial charge in [0.05, 0.1) is 11.9 Å². The number of nitrogens with zero attached hydrogens (tertiary/aromatic N) is 9. The Morgan fingerprint density at radius 1 is 1.19 bits per heavy atom. The van der Waals surface area contributed by atoms with Crippen molar-refractivity contribution in [2.24, 2.45) is 4.99 Å². The molecule has 2 aliphatic rings. The van der Waals surface area contributed by atoms with E-state index in [-0.39, 0.29) is 11.6 Å². The lowest BCUT2D eigenvalue weighted by Gasteiger charge is -2.37. The van der Waals surface area contributed by atoms with Gasteiger partial charge in [-0.2, -0.15) is 5.26 Å². The Balaban J connectivity index is 1.72. The van der Waals surface area contributed by atoms with E-state index >= 15 is 0 Å². The minimum atomic E-state index is -0.287. The van der Waals surface area contributed by atoms with E-state index in [4.69, 9.17) is 4.99 Å². The van der Waals surface area contributed by atoms with Crippen LogP contribution in [0, 0.1) is 11.5 Å². The highest BCUT2D eigenvalue weighted by Crippen LogP contribution is 2.44. The molecule has 2 aliphatic heterocycles. The van der Waals surface area contributed by atoms with Crippen LogP contribution in [0.3, 0.4) is 0 Å². The monoisotopic (exact) mass is 359 g/mol. The molecule has 0 fully saturated rings. The van der Waals surface area contributed by atoms with Gasteiger partial charge in [-0.25, -0.2) is 20.0 Å². The average molecular weight is 359 g/mol. The summed E-state index contributed by atoms with van der Waals surface area (Å²) in [6.45, 7) is 6.13. The number of anilines is 2. The van der Waals surface area contributed by atoms with E-state index in [1.165, 1.54) is 4.68 Å². The summed E-state index contributed by atoms with van der Waals surface area (Å²) in [6, 6.07) is 8.11. The Bertz CT molecular complexity index is 1110. The molecule has 9 heteroatoms. The van der Waals surface area contributed by atoms with Gasteiger partial charge in [0.1, 0.15) is 18.4 Å². The van der Waals surface area contributed by atoms with Crippen molar-refractivity contribution < 1.29 is 0 Å². The molecule has 3 aromatic rings. The van der Waals surface area contributed by atoms with Crippen molar-refractivity contribution in [1.29, 1.82) is 5.26 Å². The summed E-state index contributed by atoms with van der Waals surface area (Å²) in [4.78, 5) is 9.05. The highest BCUT2D eigenvalue weighted by atomic mass is 15.7. The summed E-state index contributed by atoms with van der Waals surface area (Å²) in [7, 11) is 0. The first-order valence-electron chi connectivity index (χ1n) is 8.60. The van der Waals surface area contributed by atoms with Crippen LogP contribution >= 0.6 is 0 Å². The molecule has 5 rings (SSSR count). The summed E-state index contributed by atoms with van der Waals surface area (Å²) < 4.78 is 3.25. The van der Waals surface area contributed by atoms with Crippen LogP contribution in [0.15, 0.2) is 41.8 Å². The van der Waals surface area contributed by atoms with Crippen LogP contribution in [0.2, 0.25) is 0 Å². The summed E-state index contributed by atoms with van der Waals surface area (Å²) >= 11 is 0. The summed E-state index contributed by atoms with van der Waals surface area (Å²) in [5.74, 6) is 1.45. The predicted molar refractivity (Wildman–Crippen MR) is 99.5 cm³/mol. The summed E-state index contributed by atoms with van der Waals surface area (Å²) in [5, 5.41) is 21.7. The van der Waals surface area contributed by atoms with Crippen LogP contribution in [0.4, 0.5) is 11.6 Å². The number of imidazole rings is 1. The highest BCUT2D eigenvalue weighted by Gasteiger charge is 2.41. The molecule has 1 aromatic carbocycles. The van der Waals surface area contributed by atoms with Crippen LogP contribution in [-0.4, -0.2) is 30.9 Å². The Morgan fingerprint density at radius 3 is 2.78 bits per heavy atom. The standard InChI is InChI=1S/C18H17N9/c1-18(2,3)15-17(25(9-19)23-22-15)26-11-21-16-12-6-4-5-7-13(12)24-10-20-8-14(24)27(16)26/h4-8,10-11,16H,1-3H3. The molecule has 2 aromatic heterocycles. The van der Waals surface area contributed by atoms with Crippen LogP contribution in [0.25, 0.3) is 5.69 Å². The fourth-order valence-electron chi connectivity index (χ4n) is 3.57. The van der Waals surface area contributed by atoms with Crippen molar-refractivity contribution in [1.82, 2.24) is 24.5 Å². The normalized spacial score (nSPS) is 17.5. The molecule has 27 heavy (non-hydrogen) atoms. The number of fused-ring (bicyclic) bond motifs is 6. The molecule has 0 amide bonds. The van der Waals surface area contributed by atoms with Crippen molar-refractivity contribution in [3.63, 3.8) is 0 Å². The molecule has 1 unspecified atom stereocenters. The quantitative estimate of drug-likeness (QED) is 0.662. The maximum absolute atomic E-state index is 9.57. The molecule has 0 aliphatic carbocycles. The second kappa shape index (κ2) is 5.17. The topological polar surface area (TPSA) is 91.2 Å². The van der Waals surface area contributed by atoms with Crippen LogP contribution in [0.1, 0.15) is 38.2 Å².